The molecule has 2 aromatic carbocycles. The number of piperazine rings is 1. The number of pyridine rings is 1. The molecule has 4 rings (SSSR count). The molecule has 0 aliphatic carbocycles. The maximum atomic E-state index is 11.2. The van der Waals surface area contributed by atoms with Crippen LogP contribution >= 0.6 is 23.2 Å². The zero-order chi connectivity index (χ0) is 22.0. The first-order valence-corrected chi connectivity index (χ1v) is 11.2. The van der Waals surface area contributed by atoms with Gasteiger partial charge in [-0.2, -0.15) is 0 Å². The second-order valence-electron chi connectivity index (χ2n) is 8.43. The van der Waals surface area contributed by atoms with Gasteiger partial charge in [0.2, 0.25) is 0 Å². The van der Waals surface area contributed by atoms with Crippen molar-refractivity contribution in [2.24, 2.45) is 0 Å². The highest BCUT2D eigenvalue weighted by atomic mass is 35.5. The van der Waals surface area contributed by atoms with Crippen molar-refractivity contribution in [3.8, 4) is 0 Å². The summed E-state index contributed by atoms with van der Waals surface area (Å²) in [5.41, 5.74) is 3.13. The Morgan fingerprint density at radius 1 is 0.968 bits per heavy atom. The van der Waals surface area contributed by atoms with Crippen LogP contribution in [0.15, 0.2) is 66.9 Å². The number of hydrogen-bond donors (Lipinski definition) is 1. The summed E-state index contributed by atoms with van der Waals surface area (Å²) in [6, 6.07) is 20.1. The van der Waals surface area contributed by atoms with Gasteiger partial charge in [-0.3, -0.25) is 9.88 Å². The van der Waals surface area contributed by atoms with Crippen LogP contribution in [0.1, 0.15) is 29.8 Å². The number of anilines is 1. The van der Waals surface area contributed by atoms with Crippen molar-refractivity contribution in [1.29, 1.82) is 0 Å². The highest BCUT2D eigenvalue weighted by molar-refractivity contribution is 6.30. The largest absolute Gasteiger partial charge is 0.384 e. The molecule has 4 nitrogen and oxygen atoms in total. The number of benzene rings is 2. The summed E-state index contributed by atoms with van der Waals surface area (Å²) in [5.74, 6) is 0. The van der Waals surface area contributed by atoms with Crippen molar-refractivity contribution in [3.63, 3.8) is 0 Å². The summed E-state index contributed by atoms with van der Waals surface area (Å²) in [5, 5.41) is 12.7. The summed E-state index contributed by atoms with van der Waals surface area (Å²) >= 11 is 12.2. The van der Waals surface area contributed by atoms with Gasteiger partial charge in [0, 0.05) is 59.4 Å². The maximum absolute atomic E-state index is 11.2. The van der Waals surface area contributed by atoms with Crippen molar-refractivity contribution in [1.82, 2.24) is 9.88 Å². The second-order valence-corrected chi connectivity index (χ2v) is 9.31. The van der Waals surface area contributed by atoms with Crippen LogP contribution in [0, 0.1) is 6.92 Å². The zero-order valence-corrected chi connectivity index (χ0v) is 19.3. The lowest BCUT2D eigenvalue weighted by Gasteiger charge is -2.45. The van der Waals surface area contributed by atoms with Gasteiger partial charge in [-0.05, 0) is 61.9 Å². The molecule has 1 fully saturated rings. The van der Waals surface area contributed by atoms with Crippen LogP contribution in [-0.4, -0.2) is 41.2 Å². The van der Waals surface area contributed by atoms with E-state index in [4.69, 9.17) is 23.2 Å². The smallest absolute Gasteiger partial charge is 0.101 e. The van der Waals surface area contributed by atoms with Gasteiger partial charge in [0.15, 0.2) is 0 Å². The van der Waals surface area contributed by atoms with Crippen molar-refractivity contribution < 1.29 is 5.11 Å². The molecule has 0 amide bonds. The fourth-order valence-corrected chi connectivity index (χ4v) is 4.46. The molecule has 1 N–H and O–H groups in total. The number of hydrogen-bond acceptors (Lipinski definition) is 4. The molecule has 0 bridgehead atoms. The highest BCUT2D eigenvalue weighted by Gasteiger charge is 2.33. The first kappa shape index (κ1) is 22.1. The van der Waals surface area contributed by atoms with Gasteiger partial charge < -0.3 is 10.0 Å². The van der Waals surface area contributed by atoms with Crippen molar-refractivity contribution in [3.05, 3.63) is 93.7 Å². The molecule has 1 saturated heterocycles. The summed E-state index contributed by atoms with van der Waals surface area (Å²) in [7, 11) is 0. The Labute approximate surface area is 194 Å². The summed E-state index contributed by atoms with van der Waals surface area (Å²) in [6.45, 7) is 6.84. The van der Waals surface area contributed by atoms with E-state index in [1.165, 1.54) is 5.56 Å². The van der Waals surface area contributed by atoms with E-state index < -0.39 is 5.60 Å². The SMILES string of the molecule is Cc1ccc([C@](C)(O)CN2CCN(c3ccc(Cl)cc3)[C@H](c3ccc(Cl)cc3)C2)cn1. The highest BCUT2D eigenvalue weighted by Crippen LogP contribution is 2.33. The molecule has 31 heavy (non-hydrogen) atoms. The number of aromatic nitrogens is 1. The average Bonchev–Trinajstić information content (AvgIpc) is 2.75. The minimum Gasteiger partial charge on any atom is -0.384 e. The Morgan fingerprint density at radius 2 is 1.61 bits per heavy atom. The quantitative estimate of drug-likeness (QED) is 0.553. The van der Waals surface area contributed by atoms with E-state index in [9.17, 15) is 5.11 Å². The lowest BCUT2D eigenvalue weighted by atomic mass is 9.95. The van der Waals surface area contributed by atoms with Crippen LogP contribution < -0.4 is 4.90 Å². The van der Waals surface area contributed by atoms with Crippen LogP contribution in [0.2, 0.25) is 10.0 Å². The lowest BCUT2D eigenvalue weighted by Crippen LogP contribution is -2.52. The van der Waals surface area contributed by atoms with E-state index in [0.29, 0.717) is 6.54 Å². The molecule has 0 spiro atoms. The number of halogens is 2. The normalized spacial score (nSPS) is 19.3. The van der Waals surface area contributed by atoms with Gasteiger partial charge in [-0.1, -0.05) is 41.4 Å². The van der Waals surface area contributed by atoms with E-state index in [0.717, 1.165) is 46.6 Å². The van der Waals surface area contributed by atoms with Crippen LogP contribution in [0.25, 0.3) is 0 Å². The third-order valence-corrected chi connectivity index (χ3v) is 6.45. The predicted molar refractivity (Wildman–Crippen MR) is 128 cm³/mol. The monoisotopic (exact) mass is 455 g/mol. The van der Waals surface area contributed by atoms with E-state index >= 15 is 0 Å². The van der Waals surface area contributed by atoms with Gasteiger partial charge in [0.1, 0.15) is 5.60 Å². The number of nitrogens with zero attached hydrogens (tertiary/aromatic N) is 3. The predicted octanol–water partition coefficient (Wildman–Crippen LogP) is 5.47. The third-order valence-electron chi connectivity index (χ3n) is 5.94. The molecule has 0 saturated carbocycles. The van der Waals surface area contributed by atoms with E-state index in [-0.39, 0.29) is 6.04 Å². The van der Waals surface area contributed by atoms with Gasteiger partial charge in [-0.15, -0.1) is 0 Å². The first-order chi connectivity index (χ1) is 14.8. The number of rotatable bonds is 5. The van der Waals surface area contributed by atoms with Gasteiger partial charge in [-0.25, -0.2) is 0 Å². The molecule has 2 atom stereocenters. The van der Waals surface area contributed by atoms with Crippen LogP contribution in [-0.2, 0) is 5.60 Å². The fraction of sp³-hybridized carbons (Fsp3) is 0.320. The Morgan fingerprint density at radius 3 is 2.23 bits per heavy atom. The molecule has 162 valence electrons. The van der Waals surface area contributed by atoms with Crippen molar-refractivity contribution in [2.75, 3.05) is 31.1 Å². The molecule has 2 heterocycles. The van der Waals surface area contributed by atoms with Crippen LogP contribution in [0.5, 0.6) is 0 Å². The summed E-state index contributed by atoms with van der Waals surface area (Å²) in [6.07, 6.45) is 1.77. The maximum Gasteiger partial charge on any atom is 0.101 e. The molecule has 1 aromatic heterocycles. The zero-order valence-electron chi connectivity index (χ0n) is 17.8. The van der Waals surface area contributed by atoms with E-state index in [1.807, 2.05) is 50.2 Å². The van der Waals surface area contributed by atoms with E-state index in [2.05, 4.69) is 39.0 Å². The van der Waals surface area contributed by atoms with Gasteiger partial charge in [0.25, 0.3) is 0 Å². The van der Waals surface area contributed by atoms with Gasteiger partial charge in [0.05, 0.1) is 6.04 Å². The molecule has 0 radical (unpaired) electrons. The fourth-order valence-electron chi connectivity index (χ4n) is 4.21. The number of β-amino-alcohol motifs (C(OH)–C–C–N with tert-alkyl or cyclic N) is 1. The molecule has 0 unspecified atom stereocenters. The third kappa shape index (κ3) is 5.21. The van der Waals surface area contributed by atoms with Crippen LogP contribution in [0.3, 0.4) is 0 Å². The minimum atomic E-state index is -0.978. The summed E-state index contributed by atoms with van der Waals surface area (Å²) < 4.78 is 0. The average molecular weight is 456 g/mol. The van der Waals surface area contributed by atoms with Crippen molar-refractivity contribution >= 4 is 28.9 Å². The lowest BCUT2D eigenvalue weighted by molar-refractivity contribution is 0.0100. The number of aryl methyl sites for hydroxylation is 1. The van der Waals surface area contributed by atoms with Crippen molar-refractivity contribution in [2.45, 2.75) is 25.5 Å². The van der Waals surface area contributed by atoms with Gasteiger partial charge >= 0.3 is 0 Å². The minimum absolute atomic E-state index is 0.138. The molecular weight excluding hydrogens is 429 g/mol. The standard InChI is InChI=1S/C25H27Cl2N3O/c1-18-3-6-20(15-28-18)25(2,31)17-29-13-14-30(23-11-9-22(27)10-12-23)24(16-29)19-4-7-21(26)8-5-19/h3-12,15,24,31H,13-14,16-17H2,1-2H3/t24-,25+/m0/s1. The second kappa shape index (κ2) is 9.17. The first-order valence-electron chi connectivity index (χ1n) is 10.5. The molecule has 1 aliphatic rings. The summed E-state index contributed by atoms with van der Waals surface area (Å²) in [4.78, 5) is 9.08. The molecular formula is C25H27Cl2N3O. The Bertz CT molecular complexity index is 1000. The Balaban J connectivity index is 1.58. The molecule has 6 heteroatoms. The molecule has 1 aliphatic heterocycles. The Kier molecular flexibility index (Phi) is 6.54. The molecule has 3 aromatic rings. The topological polar surface area (TPSA) is 39.6 Å². The number of aliphatic hydroxyl groups is 1. The Hall–Kier alpha value is -2.11. The van der Waals surface area contributed by atoms with Crippen LogP contribution in [0.4, 0.5) is 5.69 Å². The van der Waals surface area contributed by atoms with E-state index in [1.54, 1.807) is 6.20 Å².